The van der Waals surface area contributed by atoms with E-state index in [1.54, 1.807) is 30.5 Å². The zero-order valence-electron chi connectivity index (χ0n) is 11.4. The molecule has 0 atom stereocenters. The maximum absolute atomic E-state index is 9.23. The van der Waals surface area contributed by atoms with E-state index < -0.39 is 0 Å². The Morgan fingerprint density at radius 2 is 1.71 bits per heavy atom. The first-order chi connectivity index (χ1) is 10.2. The monoisotopic (exact) mass is 295 g/mol. The van der Waals surface area contributed by atoms with Crippen molar-refractivity contribution in [3.05, 3.63) is 59.7 Å². The number of benzene rings is 2. The molecule has 1 aromatic heterocycles. The topological polar surface area (TPSA) is 58.4 Å². The summed E-state index contributed by atoms with van der Waals surface area (Å²) in [5.74, 6) is 0.240. The van der Waals surface area contributed by atoms with Crippen LogP contribution in [0.1, 0.15) is 11.1 Å². The normalized spacial score (nSPS) is 11.1. The van der Waals surface area contributed by atoms with Crippen LogP contribution in [-0.2, 0) is 0 Å². The minimum Gasteiger partial charge on any atom is -0.508 e. The molecule has 5 heteroatoms. The van der Waals surface area contributed by atoms with Crippen molar-refractivity contribution in [1.29, 1.82) is 0 Å². The number of aryl methyl sites for hydroxylation is 1. The molecule has 0 saturated heterocycles. The largest absolute Gasteiger partial charge is 0.508 e. The highest BCUT2D eigenvalue weighted by molar-refractivity contribution is 7.18. The maximum Gasteiger partial charge on any atom is 0.231 e. The Hall–Kier alpha value is -2.53. The van der Waals surface area contributed by atoms with Crippen molar-refractivity contribution in [2.45, 2.75) is 6.92 Å². The van der Waals surface area contributed by atoms with Crippen molar-refractivity contribution < 1.29 is 5.11 Å². The van der Waals surface area contributed by atoms with E-state index in [2.05, 4.69) is 34.2 Å². The summed E-state index contributed by atoms with van der Waals surface area (Å²) in [5, 5.41) is 18.9. The predicted molar refractivity (Wildman–Crippen MR) is 85.4 cm³/mol. The number of phenolic OH excluding ortho intramolecular Hbond substituents is 1. The molecule has 0 amide bonds. The van der Waals surface area contributed by atoms with Gasteiger partial charge in [-0.15, -0.1) is 10.2 Å². The lowest BCUT2D eigenvalue weighted by Gasteiger charge is -1.95. The fourth-order valence-electron chi connectivity index (χ4n) is 1.77. The van der Waals surface area contributed by atoms with Crippen molar-refractivity contribution >= 4 is 22.7 Å². The minimum absolute atomic E-state index is 0.240. The molecule has 2 aromatic carbocycles. The zero-order valence-corrected chi connectivity index (χ0v) is 12.2. The number of phenols is 1. The number of nitrogens with zero attached hydrogens (tertiary/aromatic N) is 3. The van der Waals surface area contributed by atoms with E-state index in [0.717, 1.165) is 16.1 Å². The highest BCUT2D eigenvalue weighted by Crippen LogP contribution is 2.28. The fourth-order valence-corrected chi connectivity index (χ4v) is 2.47. The third-order valence-electron chi connectivity index (χ3n) is 2.93. The highest BCUT2D eigenvalue weighted by Gasteiger charge is 2.05. The van der Waals surface area contributed by atoms with Gasteiger partial charge in [0.05, 0.1) is 0 Å². The van der Waals surface area contributed by atoms with E-state index >= 15 is 0 Å². The van der Waals surface area contributed by atoms with E-state index in [0.29, 0.717) is 5.13 Å². The molecule has 0 aliphatic heterocycles. The number of hydrogen-bond donors (Lipinski definition) is 1. The Kier molecular flexibility index (Phi) is 3.75. The van der Waals surface area contributed by atoms with Crippen molar-refractivity contribution in [1.82, 2.24) is 10.2 Å². The van der Waals surface area contributed by atoms with Gasteiger partial charge in [-0.3, -0.25) is 0 Å². The summed E-state index contributed by atoms with van der Waals surface area (Å²) in [5.41, 5.74) is 3.16. The summed E-state index contributed by atoms with van der Waals surface area (Å²) < 4.78 is 0. The third kappa shape index (κ3) is 3.32. The van der Waals surface area contributed by atoms with Crippen molar-refractivity contribution in [3.63, 3.8) is 0 Å². The van der Waals surface area contributed by atoms with E-state index in [1.807, 2.05) is 12.1 Å². The smallest absolute Gasteiger partial charge is 0.231 e. The van der Waals surface area contributed by atoms with Crippen LogP contribution in [0.4, 0.5) is 5.13 Å². The van der Waals surface area contributed by atoms with Crippen LogP contribution in [0.25, 0.3) is 10.6 Å². The van der Waals surface area contributed by atoms with E-state index in [-0.39, 0.29) is 5.75 Å². The molecule has 3 rings (SSSR count). The molecule has 0 spiro atoms. The highest BCUT2D eigenvalue weighted by atomic mass is 32.1. The molecule has 0 unspecified atom stereocenters. The molecule has 0 aliphatic carbocycles. The van der Waals surface area contributed by atoms with E-state index in [9.17, 15) is 5.11 Å². The minimum atomic E-state index is 0.240. The quantitative estimate of drug-likeness (QED) is 0.744. The summed E-state index contributed by atoms with van der Waals surface area (Å²) in [6, 6.07) is 15.0. The lowest BCUT2D eigenvalue weighted by Crippen LogP contribution is -1.78. The van der Waals surface area contributed by atoms with Gasteiger partial charge in [0.2, 0.25) is 5.13 Å². The van der Waals surface area contributed by atoms with Gasteiger partial charge in [0, 0.05) is 11.8 Å². The molecule has 1 heterocycles. The molecule has 0 radical (unpaired) electrons. The summed E-state index contributed by atoms with van der Waals surface area (Å²) in [6.07, 6.45) is 1.71. The number of aromatic hydroxyl groups is 1. The van der Waals surface area contributed by atoms with Crippen LogP contribution >= 0.6 is 11.3 Å². The molecule has 0 saturated carbocycles. The fraction of sp³-hybridized carbons (Fsp3) is 0.0625. The van der Waals surface area contributed by atoms with Crippen molar-refractivity contribution in [2.24, 2.45) is 4.99 Å². The molecule has 0 bridgehead atoms. The number of hydrogen-bond acceptors (Lipinski definition) is 5. The molecular weight excluding hydrogens is 282 g/mol. The lowest BCUT2D eigenvalue weighted by atomic mass is 10.2. The average Bonchev–Trinajstić information content (AvgIpc) is 2.96. The Balaban J connectivity index is 1.78. The first-order valence-electron chi connectivity index (χ1n) is 6.44. The average molecular weight is 295 g/mol. The van der Waals surface area contributed by atoms with Crippen LogP contribution in [0.15, 0.2) is 53.5 Å². The first-order valence-corrected chi connectivity index (χ1v) is 7.26. The van der Waals surface area contributed by atoms with Crippen molar-refractivity contribution in [3.8, 4) is 16.3 Å². The van der Waals surface area contributed by atoms with Crippen molar-refractivity contribution in [2.75, 3.05) is 0 Å². The molecule has 0 aliphatic rings. The standard InChI is InChI=1S/C16H13N3OS/c1-11-2-6-13(7-3-11)15-18-19-16(21-15)17-10-12-4-8-14(20)9-5-12/h2-10,20H,1H3. The van der Waals surface area contributed by atoms with E-state index in [1.165, 1.54) is 16.9 Å². The molecule has 21 heavy (non-hydrogen) atoms. The Bertz CT molecular complexity index is 761. The van der Waals surface area contributed by atoms with Gasteiger partial charge in [-0.25, -0.2) is 4.99 Å². The van der Waals surface area contributed by atoms with Gasteiger partial charge < -0.3 is 5.11 Å². The second-order valence-corrected chi connectivity index (χ2v) is 5.56. The zero-order chi connectivity index (χ0) is 14.7. The molecule has 1 N–H and O–H groups in total. The van der Waals surface area contributed by atoms with Gasteiger partial charge in [0.1, 0.15) is 10.8 Å². The maximum atomic E-state index is 9.23. The van der Waals surface area contributed by atoms with Crippen LogP contribution in [-0.4, -0.2) is 21.5 Å². The molecule has 104 valence electrons. The Labute approximate surface area is 126 Å². The summed E-state index contributed by atoms with van der Waals surface area (Å²) in [4.78, 5) is 4.31. The number of aromatic nitrogens is 2. The van der Waals surface area contributed by atoms with Gasteiger partial charge in [0.25, 0.3) is 0 Å². The summed E-state index contributed by atoms with van der Waals surface area (Å²) >= 11 is 1.44. The Morgan fingerprint density at radius 1 is 1.00 bits per heavy atom. The van der Waals surface area contributed by atoms with Gasteiger partial charge in [0.15, 0.2) is 0 Å². The Morgan fingerprint density at radius 3 is 2.43 bits per heavy atom. The van der Waals surface area contributed by atoms with Gasteiger partial charge in [-0.2, -0.15) is 0 Å². The molecule has 3 aromatic rings. The first kappa shape index (κ1) is 13.5. The van der Waals surface area contributed by atoms with Crippen LogP contribution in [0.5, 0.6) is 5.75 Å². The van der Waals surface area contributed by atoms with Gasteiger partial charge in [-0.1, -0.05) is 41.2 Å². The summed E-state index contributed by atoms with van der Waals surface area (Å²) in [7, 11) is 0. The van der Waals surface area contributed by atoms with Crippen LogP contribution in [0.3, 0.4) is 0 Å². The molecular formula is C16H13N3OS. The SMILES string of the molecule is Cc1ccc(-c2nnc(N=Cc3ccc(O)cc3)s2)cc1. The lowest BCUT2D eigenvalue weighted by molar-refractivity contribution is 0.475. The molecule has 4 nitrogen and oxygen atoms in total. The van der Waals surface area contributed by atoms with Gasteiger partial charge in [-0.05, 0) is 36.8 Å². The second-order valence-electron chi connectivity index (χ2n) is 4.61. The second kappa shape index (κ2) is 5.85. The van der Waals surface area contributed by atoms with Crippen LogP contribution < -0.4 is 0 Å². The van der Waals surface area contributed by atoms with Crippen LogP contribution in [0.2, 0.25) is 0 Å². The van der Waals surface area contributed by atoms with E-state index in [4.69, 9.17) is 0 Å². The molecule has 0 fully saturated rings. The van der Waals surface area contributed by atoms with Crippen LogP contribution in [0, 0.1) is 6.92 Å². The number of rotatable bonds is 3. The third-order valence-corrected chi connectivity index (χ3v) is 3.81. The number of aliphatic imine (C=N–C) groups is 1. The summed E-state index contributed by atoms with van der Waals surface area (Å²) in [6.45, 7) is 2.05. The predicted octanol–water partition coefficient (Wildman–Crippen LogP) is 3.97. The van der Waals surface area contributed by atoms with Gasteiger partial charge >= 0.3 is 0 Å².